The molecule has 1 amide bonds. The van der Waals surface area contributed by atoms with Gasteiger partial charge in [-0.1, -0.05) is 18.2 Å². The SMILES string of the molecule is O=C(NCCCC(CCO)c1nccc2occc12)c1ccccc1. The number of fused-ring (bicyclic) bond motifs is 1. The van der Waals surface area contributed by atoms with Gasteiger partial charge in [0.2, 0.25) is 0 Å². The lowest BCUT2D eigenvalue weighted by molar-refractivity contribution is 0.0952. The minimum atomic E-state index is -0.0608. The first-order valence-electron chi connectivity index (χ1n) is 8.56. The van der Waals surface area contributed by atoms with Gasteiger partial charge in [-0.05, 0) is 43.5 Å². The summed E-state index contributed by atoms with van der Waals surface area (Å²) in [6, 6.07) is 12.9. The van der Waals surface area contributed by atoms with E-state index in [4.69, 9.17) is 4.42 Å². The molecule has 0 radical (unpaired) electrons. The predicted octanol–water partition coefficient (Wildman–Crippen LogP) is 3.50. The van der Waals surface area contributed by atoms with Gasteiger partial charge in [-0.2, -0.15) is 0 Å². The fourth-order valence-corrected chi connectivity index (χ4v) is 3.06. The van der Waals surface area contributed by atoms with E-state index in [0.717, 1.165) is 29.5 Å². The molecule has 1 atom stereocenters. The van der Waals surface area contributed by atoms with E-state index in [9.17, 15) is 9.90 Å². The van der Waals surface area contributed by atoms with E-state index in [1.54, 1.807) is 24.6 Å². The van der Waals surface area contributed by atoms with Crippen LogP contribution in [0.3, 0.4) is 0 Å². The Kier molecular flexibility index (Phi) is 5.80. The first kappa shape index (κ1) is 17.2. The number of hydrogen-bond acceptors (Lipinski definition) is 4. The topological polar surface area (TPSA) is 75.4 Å². The predicted molar refractivity (Wildman–Crippen MR) is 96.5 cm³/mol. The number of nitrogens with zero attached hydrogens (tertiary/aromatic N) is 1. The van der Waals surface area contributed by atoms with Crippen LogP contribution in [0.2, 0.25) is 0 Å². The number of benzene rings is 1. The maximum Gasteiger partial charge on any atom is 0.251 e. The highest BCUT2D eigenvalue weighted by Gasteiger charge is 2.17. The van der Waals surface area contributed by atoms with Crippen molar-refractivity contribution in [1.82, 2.24) is 10.3 Å². The third-order valence-electron chi connectivity index (χ3n) is 4.33. The first-order valence-corrected chi connectivity index (χ1v) is 8.56. The van der Waals surface area contributed by atoms with E-state index in [2.05, 4.69) is 10.3 Å². The maximum absolute atomic E-state index is 12.0. The van der Waals surface area contributed by atoms with Crippen molar-refractivity contribution in [2.24, 2.45) is 0 Å². The van der Waals surface area contributed by atoms with Crippen molar-refractivity contribution in [1.29, 1.82) is 0 Å². The normalized spacial score (nSPS) is 12.2. The van der Waals surface area contributed by atoms with Gasteiger partial charge in [0.1, 0.15) is 5.58 Å². The molecule has 1 unspecified atom stereocenters. The Hall–Kier alpha value is -2.66. The fourth-order valence-electron chi connectivity index (χ4n) is 3.06. The van der Waals surface area contributed by atoms with Gasteiger partial charge in [-0.15, -0.1) is 0 Å². The van der Waals surface area contributed by atoms with Gasteiger partial charge in [-0.3, -0.25) is 9.78 Å². The number of furan rings is 1. The van der Waals surface area contributed by atoms with Crippen LogP contribution in [0, 0.1) is 0 Å². The summed E-state index contributed by atoms with van der Waals surface area (Å²) in [5.74, 6) is 0.0781. The number of rotatable bonds is 8. The summed E-state index contributed by atoms with van der Waals surface area (Å²) in [6.07, 6.45) is 5.70. The van der Waals surface area contributed by atoms with Crippen LogP contribution in [0.15, 0.2) is 59.3 Å². The molecule has 2 heterocycles. The van der Waals surface area contributed by atoms with Crippen LogP contribution in [-0.4, -0.2) is 29.1 Å². The van der Waals surface area contributed by atoms with Crippen LogP contribution >= 0.6 is 0 Å². The molecule has 1 aromatic carbocycles. The van der Waals surface area contributed by atoms with Crippen molar-refractivity contribution in [3.05, 3.63) is 66.2 Å². The Morgan fingerprint density at radius 1 is 1.16 bits per heavy atom. The van der Waals surface area contributed by atoms with Crippen LogP contribution in [-0.2, 0) is 0 Å². The first-order chi connectivity index (χ1) is 12.3. The Morgan fingerprint density at radius 3 is 2.80 bits per heavy atom. The molecule has 2 N–H and O–H groups in total. The number of aliphatic hydroxyl groups is 1. The molecule has 5 heteroatoms. The molecule has 0 aliphatic heterocycles. The second kappa shape index (κ2) is 8.44. The highest BCUT2D eigenvalue weighted by Crippen LogP contribution is 2.29. The number of amides is 1. The van der Waals surface area contributed by atoms with Gasteiger partial charge in [0.15, 0.2) is 0 Å². The summed E-state index contributed by atoms with van der Waals surface area (Å²) in [5, 5.41) is 13.3. The van der Waals surface area contributed by atoms with Gasteiger partial charge < -0.3 is 14.8 Å². The zero-order chi connectivity index (χ0) is 17.5. The summed E-state index contributed by atoms with van der Waals surface area (Å²) in [4.78, 5) is 16.6. The maximum atomic E-state index is 12.0. The average Bonchev–Trinajstić information content (AvgIpc) is 3.13. The highest BCUT2D eigenvalue weighted by molar-refractivity contribution is 5.94. The summed E-state index contributed by atoms with van der Waals surface area (Å²) in [7, 11) is 0. The van der Waals surface area contributed by atoms with Crippen molar-refractivity contribution in [3.63, 3.8) is 0 Å². The van der Waals surface area contributed by atoms with Crippen molar-refractivity contribution in [2.45, 2.75) is 25.2 Å². The molecular formula is C20H22N2O3. The molecule has 2 aromatic heterocycles. The zero-order valence-corrected chi connectivity index (χ0v) is 14.0. The molecule has 3 rings (SSSR count). The molecule has 3 aromatic rings. The number of pyridine rings is 1. The smallest absolute Gasteiger partial charge is 0.251 e. The number of nitrogens with one attached hydrogen (secondary N) is 1. The number of hydrogen-bond donors (Lipinski definition) is 2. The van der Waals surface area contributed by atoms with Gasteiger partial charge in [0, 0.05) is 36.2 Å². The van der Waals surface area contributed by atoms with E-state index in [1.165, 1.54) is 0 Å². The molecule has 0 aliphatic carbocycles. The molecule has 0 fully saturated rings. The Morgan fingerprint density at radius 2 is 2.00 bits per heavy atom. The molecule has 0 saturated carbocycles. The molecule has 0 bridgehead atoms. The van der Waals surface area contributed by atoms with E-state index in [0.29, 0.717) is 18.5 Å². The van der Waals surface area contributed by atoms with Crippen molar-refractivity contribution in [3.8, 4) is 0 Å². The number of aromatic nitrogens is 1. The van der Waals surface area contributed by atoms with Crippen LogP contribution in [0.1, 0.15) is 41.2 Å². The molecule has 0 saturated heterocycles. The Labute approximate surface area is 146 Å². The number of aliphatic hydroxyl groups excluding tert-OH is 1. The quantitative estimate of drug-likeness (QED) is 0.616. The minimum Gasteiger partial charge on any atom is -0.464 e. The summed E-state index contributed by atoms with van der Waals surface area (Å²) >= 11 is 0. The van der Waals surface area contributed by atoms with E-state index in [1.807, 2.05) is 30.3 Å². The minimum absolute atomic E-state index is 0.0608. The van der Waals surface area contributed by atoms with Gasteiger partial charge in [0.25, 0.3) is 5.91 Å². The summed E-state index contributed by atoms with van der Waals surface area (Å²) in [5.41, 5.74) is 2.43. The Balaban J connectivity index is 1.58. The van der Waals surface area contributed by atoms with Gasteiger partial charge in [-0.25, -0.2) is 0 Å². The van der Waals surface area contributed by atoms with Crippen LogP contribution in [0.5, 0.6) is 0 Å². The molecular weight excluding hydrogens is 316 g/mol. The monoisotopic (exact) mass is 338 g/mol. The van der Waals surface area contributed by atoms with Crippen LogP contribution in [0.4, 0.5) is 0 Å². The Bertz CT molecular complexity index is 814. The third-order valence-corrected chi connectivity index (χ3v) is 4.33. The van der Waals surface area contributed by atoms with Crippen LogP contribution < -0.4 is 5.32 Å². The molecule has 0 aliphatic rings. The van der Waals surface area contributed by atoms with Gasteiger partial charge in [0.05, 0.1) is 12.0 Å². The summed E-state index contributed by atoms with van der Waals surface area (Å²) < 4.78 is 5.43. The van der Waals surface area contributed by atoms with Gasteiger partial charge >= 0.3 is 0 Å². The second-order valence-electron chi connectivity index (χ2n) is 6.00. The standard InChI is InChI=1S/C20H22N2O3/c23-13-9-15(19-17-10-14-25-18(17)8-12-21-19)7-4-11-22-20(24)16-5-2-1-3-6-16/h1-3,5-6,8,10,12,14-15,23H,4,7,9,11,13H2,(H,22,24). The van der Waals surface area contributed by atoms with Crippen molar-refractivity contribution >= 4 is 16.9 Å². The number of carbonyl (C=O) groups excluding carboxylic acids is 1. The fraction of sp³-hybridized carbons (Fsp3) is 0.300. The molecule has 25 heavy (non-hydrogen) atoms. The van der Waals surface area contributed by atoms with Crippen LogP contribution in [0.25, 0.3) is 11.0 Å². The van der Waals surface area contributed by atoms with E-state index >= 15 is 0 Å². The summed E-state index contributed by atoms with van der Waals surface area (Å²) in [6.45, 7) is 0.702. The number of carbonyl (C=O) groups is 1. The van der Waals surface area contributed by atoms with E-state index in [-0.39, 0.29) is 18.4 Å². The second-order valence-corrected chi connectivity index (χ2v) is 6.00. The third kappa shape index (κ3) is 4.25. The van der Waals surface area contributed by atoms with Crippen molar-refractivity contribution < 1.29 is 14.3 Å². The van der Waals surface area contributed by atoms with Crippen molar-refractivity contribution in [2.75, 3.05) is 13.2 Å². The lowest BCUT2D eigenvalue weighted by Gasteiger charge is -2.16. The van der Waals surface area contributed by atoms with E-state index < -0.39 is 0 Å². The highest BCUT2D eigenvalue weighted by atomic mass is 16.3. The molecule has 130 valence electrons. The largest absolute Gasteiger partial charge is 0.464 e. The average molecular weight is 338 g/mol. The zero-order valence-electron chi connectivity index (χ0n) is 14.0. The molecule has 0 spiro atoms. The lowest BCUT2D eigenvalue weighted by atomic mass is 9.93. The molecule has 5 nitrogen and oxygen atoms in total. The lowest BCUT2D eigenvalue weighted by Crippen LogP contribution is -2.24.